The smallest absolute Gasteiger partial charge is 0.270 e. The number of methoxy groups -OCH3 is 2. The lowest BCUT2D eigenvalue weighted by Crippen LogP contribution is -2.20. The van der Waals surface area contributed by atoms with Crippen molar-refractivity contribution in [2.24, 2.45) is 0 Å². The Morgan fingerprint density at radius 2 is 1.81 bits per heavy atom. The summed E-state index contributed by atoms with van der Waals surface area (Å²) in [4.78, 5) is 30.2. The van der Waals surface area contributed by atoms with Crippen molar-refractivity contribution in [3.8, 4) is 11.5 Å². The van der Waals surface area contributed by atoms with E-state index in [9.17, 15) is 18.0 Å². The fraction of sp³-hybridized carbons (Fsp3) is 0.150. The summed E-state index contributed by atoms with van der Waals surface area (Å²) in [6.07, 6.45) is 0.975. The number of ether oxygens (including phenoxy) is 2. The quantitative estimate of drug-likeness (QED) is 0.387. The number of anilines is 1. The van der Waals surface area contributed by atoms with Crippen LogP contribution in [0.15, 0.2) is 74.5 Å². The van der Waals surface area contributed by atoms with Crippen LogP contribution in [0.1, 0.15) is 0 Å². The Morgan fingerprint density at radius 3 is 2.45 bits per heavy atom. The summed E-state index contributed by atoms with van der Waals surface area (Å²) in [6.45, 7) is 0. The molecule has 9 nitrogen and oxygen atoms in total. The van der Waals surface area contributed by atoms with Crippen LogP contribution in [0.2, 0.25) is 0 Å². The molecule has 11 heteroatoms. The Hall–Kier alpha value is -3.31. The van der Waals surface area contributed by atoms with Gasteiger partial charge in [0.2, 0.25) is 15.7 Å². The Morgan fingerprint density at radius 1 is 1.10 bits per heavy atom. The first-order valence-electron chi connectivity index (χ1n) is 8.89. The molecule has 1 aromatic heterocycles. The first-order chi connectivity index (χ1) is 14.8. The zero-order valence-electron chi connectivity index (χ0n) is 16.6. The Bertz CT molecular complexity index is 1240. The molecule has 0 aliphatic heterocycles. The molecule has 0 fully saturated rings. The number of amides is 1. The number of thioether (sulfide) groups is 1. The van der Waals surface area contributed by atoms with E-state index in [0.717, 1.165) is 18.0 Å². The summed E-state index contributed by atoms with van der Waals surface area (Å²) >= 11 is 0.978. The third kappa shape index (κ3) is 5.25. The van der Waals surface area contributed by atoms with Crippen molar-refractivity contribution in [3.05, 3.63) is 65.1 Å². The van der Waals surface area contributed by atoms with Gasteiger partial charge >= 0.3 is 0 Å². The van der Waals surface area contributed by atoms with Crippen LogP contribution in [-0.2, 0) is 14.6 Å². The predicted molar refractivity (Wildman–Crippen MR) is 116 cm³/mol. The fourth-order valence-corrected chi connectivity index (χ4v) is 4.48. The molecule has 2 aromatic carbocycles. The van der Waals surface area contributed by atoms with Crippen LogP contribution in [0.3, 0.4) is 0 Å². The lowest BCUT2D eigenvalue weighted by molar-refractivity contribution is -0.113. The van der Waals surface area contributed by atoms with Crippen molar-refractivity contribution in [1.29, 1.82) is 0 Å². The number of hydrogen-bond donors (Lipinski definition) is 2. The van der Waals surface area contributed by atoms with Gasteiger partial charge in [0.05, 0.1) is 31.1 Å². The van der Waals surface area contributed by atoms with Gasteiger partial charge in [-0.1, -0.05) is 30.0 Å². The van der Waals surface area contributed by atoms with Crippen molar-refractivity contribution < 1.29 is 22.7 Å². The van der Waals surface area contributed by atoms with Crippen molar-refractivity contribution in [3.63, 3.8) is 0 Å². The first kappa shape index (κ1) is 22.4. The summed E-state index contributed by atoms with van der Waals surface area (Å²) in [7, 11) is -1.34. The average molecular weight is 462 g/mol. The van der Waals surface area contributed by atoms with Crippen LogP contribution < -0.4 is 20.3 Å². The van der Waals surface area contributed by atoms with Gasteiger partial charge in [-0.3, -0.25) is 9.59 Å². The minimum Gasteiger partial charge on any atom is -0.493 e. The number of hydrogen-bond acceptors (Lipinski definition) is 8. The van der Waals surface area contributed by atoms with E-state index >= 15 is 0 Å². The van der Waals surface area contributed by atoms with E-state index in [2.05, 4.69) is 15.3 Å². The lowest BCUT2D eigenvalue weighted by atomic mass is 10.3. The molecule has 0 radical (unpaired) electrons. The van der Waals surface area contributed by atoms with E-state index in [4.69, 9.17) is 9.47 Å². The molecule has 31 heavy (non-hydrogen) atoms. The Balaban J connectivity index is 1.75. The monoisotopic (exact) mass is 461 g/mol. The fourth-order valence-electron chi connectivity index (χ4n) is 2.59. The van der Waals surface area contributed by atoms with Crippen molar-refractivity contribution in [2.75, 3.05) is 25.3 Å². The van der Waals surface area contributed by atoms with Gasteiger partial charge in [-0.15, -0.1) is 0 Å². The molecule has 0 aliphatic carbocycles. The van der Waals surface area contributed by atoms with Crippen molar-refractivity contribution in [2.45, 2.75) is 14.9 Å². The molecular formula is C20H19N3O6S2. The molecular weight excluding hydrogens is 442 g/mol. The second kappa shape index (κ2) is 9.67. The van der Waals surface area contributed by atoms with Gasteiger partial charge in [0.1, 0.15) is 0 Å². The number of aromatic amines is 1. The SMILES string of the molecule is COc1ccc(S(=O)(=O)c2cnc(SCC(=O)Nc3ccccc3)[nH]c2=O)cc1OC. The Labute approximate surface area is 182 Å². The minimum absolute atomic E-state index is 0.0143. The van der Waals surface area contributed by atoms with Crippen LogP contribution in [0, 0.1) is 0 Å². The van der Waals surface area contributed by atoms with E-state index < -0.39 is 20.3 Å². The molecule has 1 heterocycles. The molecule has 1 amide bonds. The zero-order valence-corrected chi connectivity index (χ0v) is 18.2. The highest BCUT2D eigenvalue weighted by molar-refractivity contribution is 7.99. The number of rotatable bonds is 8. The molecule has 2 N–H and O–H groups in total. The summed E-state index contributed by atoms with van der Waals surface area (Å²) in [5.74, 6) is 0.263. The second-order valence-electron chi connectivity index (χ2n) is 6.10. The van der Waals surface area contributed by atoms with Gasteiger partial charge in [0, 0.05) is 11.8 Å². The maximum Gasteiger partial charge on any atom is 0.270 e. The second-order valence-corrected chi connectivity index (χ2v) is 8.99. The molecule has 0 aliphatic rings. The van der Waals surface area contributed by atoms with Gasteiger partial charge in [-0.05, 0) is 24.3 Å². The number of benzene rings is 2. The van der Waals surface area contributed by atoms with E-state index in [0.29, 0.717) is 11.4 Å². The number of sulfone groups is 1. The summed E-state index contributed by atoms with van der Waals surface area (Å²) < 4.78 is 36.0. The summed E-state index contributed by atoms with van der Waals surface area (Å²) in [5.41, 5.74) is -0.193. The van der Waals surface area contributed by atoms with E-state index in [1.54, 1.807) is 24.3 Å². The molecule has 0 spiro atoms. The molecule has 3 rings (SSSR count). The van der Waals surface area contributed by atoms with Gasteiger partial charge < -0.3 is 19.8 Å². The molecule has 3 aromatic rings. The number of para-hydroxylation sites is 1. The number of nitrogens with one attached hydrogen (secondary N) is 2. The van der Waals surface area contributed by atoms with Crippen LogP contribution in [-0.4, -0.2) is 44.3 Å². The van der Waals surface area contributed by atoms with Crippen LogP contribution >= 0.6 is 11.8 Å². The highest BCUT2D eigenvalue weighted by Gasteiger charge is 2.24. The van der Waals surface area contributed by atoms with Crippen LogP contribution in [0.5, 0.6) is 11.5 Å². The topological polar surface area (TPSA) is 127 Å². The molecule has 0 saturated carbocycles. The molecule has 162 valence electrons. The van der Waals surface area contributed by atoms with Crippen molar-refractivity contribution in [1.82, 2.24) is 9.97 Å². The molecule has 0 saturated heterocycles. The predicted octanol–water partition coefficient (Wildman–Crippen LogP) is 2.35. The highest BCUT2D eigenvalue weighted by atomic mass is 32.2. The standard InChI is InChI=1S/C20H19N3O6S2/c1-28-15-9-8-14(10-16(15)29-2)31(26,27)17-11-21-20(23-19(17)25)30-12-18(24)22-13-6-4-3-5-7-13/h3-11H,12H2,1-2H3,(H,22,24)(H,21,23,25). The van der Waals surface area contributed by atoms with Crippen LogP contribution in [0.4, 0.5) is 5.69 Å². The zero-order chi connectivity index (χ0) is 22.4. The molecule has 0 bridgehead atoms. The summed E-state index contributed by atoms with van der Waals surface area (Å²) in [6, 6.07) is 12.9. The largest absolute Gasteiger partial charge is 0.493 e. The maximum absolute atomic E-state index is 12.9. The maximum atomic E-state index is 12.9. The average Bonchev–Trinajstić information content (AvgIpc) is 2.77. The third-order valence-electron chi connectivity index (χ3n) is 4.10. The lowest BCUT2D eigenvalue weighted by Gasteiger charge is -2.10. The molecule has 0 atom stereocenters. The van der Waals surface area contributed by atoms with E-state index in [-0.39, 0.29) is 27.5 Å². The number of aromatic nitrogens is 2. The number of H-pyrrole nitrogens is 1. The van der Waals surface area contributed by atoms with Gasteiger partial charge in [-0.25, -0.2) is 13.4 Å². The Kier molecular flexibility index (Phi) is 6.98. The van der Waals surface area contributed by atoms with Gasteiger partial charge in [0.15, 0.2) is 21.6 Å². The van der Waals surface area contributed by atoms with Crippen molar-refractivity contribution >= 4 is 33.2 Å². The molecule has 0 unspecified atom stereocenters. The van der Waals surface area contributed by atoms with Gasteiger partial charge in [0.25, 0.3) is 5.56 Å². The van der Waals surface area contributed by atoms with E-state index in [1.165, 1.54) is 32.4 Å². The normalized spacial score (nSPS) is 11.0. The minimum atomic E-state index is -4.15. The van der Waals surface area contributed by atoms with Gasteiger partial charge in [-0.2, -0.15) is 0 Å². The number of carbonyl (C=O) groups is 1. The van der Waals surface area contributed by atoms with E-state index in [1.807, 2.05) is 6.07 Å². The van der Waals surface area contributed by atoms with Crippen LogP contribution in [0.25, 0.3) is 0 Å². The highest BCUT2D eigenvalue weighted by Crippen LogP contribution is 2.31. The number of carbonyl (C=O) groups excluding carboxylic acids is 1. The number of nitrogens with zero attached hydrogens (tertiary/aromatic N) is 1. The third-order valence-corrected chi connectivity index (χ3v) is 6.73. The first-order valence-corrected chi connectivity index (χ1v) is 11.4. The summed E-state index contributed by atoms with van der Waals surface area (Å²) in [5, 5.41) is 2.83.